The van der Waals surface area contributed by atoms with E-state index in [1.165, 1.54) is 24.3 Å². The van der Waals surface area contributed by atoms with Gasteiger partial charge in [0.05, 0.1) is 27.5 Å². The summed E-state index contributed by atoms with van der Waals surface area (Å²) in [7, 11) is 0. The molecule has 1 heterocycles. The maximum absolute atomic E-state index is 14.3. The lowest BCUT2D eigenvalue weighted by Crippen LogP contribution is -2.02. The highest BCUT2D eigenvalue weighted by atomic mass is 19.1. The lowest BCUT2D eigenvalue weighted by molar-refractivity contribution is 0.624. The molecule has 0 atom stereocenters. The second-order valence-electron chi connectivity index (χ2n) is 9.69. The number of benzene rings is 4. The van der Waals surface area contributed by atoms with E-state index < -0.39 is 11.6 Å². The molecule has 1 aromatic heterocycles. The summed E-state index contributed by atoms with van der Waals surface area (Å²) in [4.78, 5) is 13.7. The zero-order chi connectivity index (χ0) is 29.1. The normalized spacial score (nSPS) is 11.7. The number of halogens is 2. The Balaban J connectivity index is 1.46. The summed E-state index contributed by atoms with van der Waals surface area (Å²) in [5.74, 6) is -1.25. The van der Waals surface area contributed by atoms with Crippen molar-refractivity contribution >= 4 is 43.6 Å². The van der Waals surface area contributed by atoms with Crippen LogP contribution in [0.1, 0.15) is 11.1 Å². The van der Waals surface area contributed by atoms with E-state index in [0.29, 0.717) is 71.2 Å². The van der Waals surface area contributed by atoms with Crippen LogP contribution in [0.3, 0.4) is 0 Å². The van der Waals surface area contributed by atoms with Crippen molar-refractivity contribution in [2.75, 3.05) is 0 Å². The van der Waals surface area contributed by atoms with Crippen LogP contribution in [0.4, 0.5) is 8.78 Å². The molecule has 0 aliphatic carbocycles. The minimum absolute atomic E-state index is 0.0470. The summed E-state index contributed by atoms with van der Waals surface area (Å²) in [6.07, 6.45) is 1.84. The summed E-state index contributed by atoms with van der Waals surface area (Å²) in [6.45, 7) is 0. The molecule has 0 bridgehead atoms. The standard InChI is InChI=1S/C33H13F2N7/c34-26-11-18(1-3-20(26)13-36)16-5-7-22-24(9-16)28(39)32-30(22)42-33-29(40-15-38)25-10-17(6-8-23(25)31(33)41-32)19-2-4-21(14-37)27(35)12-19/h1-12,39H/b39-28?,40-29-. The van der Waals surface area contributed by atoms with Crippen LogP contribution in [0.2, 0.25) is 0 Å². The lowest BCUT2D eigenvalue weighted by Gasteiger charge is -2.03. The molecular weight excluding hydrogens is 532 g/mol. The predicted octanol–water partition coefficient (Wildman–Crippen LogP) is 6.18. The molecule has 42 heavy (non-hydrogen) atoms. The maximum Gasteiger partial charge on any atom is 0.206 e. The first-order valence-electron chi connectivity index (χ1n) is 12.6. The second kappa shape index (κ2) is 9.09. The van der Waals surface area contributed by atoms with Gasteiger partial charge in [-0.05, 0) is 58.7 Å². The fourth-order valence-corrected chi connectivity index (χ4v) is 5.40. The van der Waals surface area contributed by atoms with E-state index in [2.05, 4.69) is 4.99 Å². The molecule has 0 amide bonds. The molecular formula is C33H13F2N7. The number of rotatable bonds is 2. The van der Waals surface area contributed by atoms with Crippen molar-refractivity contribution in [3.05, 3.63) is 106 Å². The second-order valence-corrected chi connectivity index (χ2v) is 9.69. The molecule has 0 unspecified atom stereocenters. The van der Waals surface area contributed by atoms with Crippen LogP contribution < -0.4 is 10.7 Å². The number of nitrogens with zero attached hydrogens (tertiary/aromatic N) is 6. The van der Waals surface area contributed by atoms with E-state index in [1.807, 2.05) is 18.3 Å². The maximum atomic E-state index is 14.3. The fraction of sp³-hybridized carbons (Fsp3) is 0. The first kappa shape index (κ1) is 24.7. The van der Waals surface area contributed by atoms with Crippen LogP contribution in [0.15, 0.2) is 77.8 Å². The molecule has 0 saturated carbocycles. The minimum Gasteiger partial charge on any atom is -0.298 e. The van der Waals surface area contributed by atoms with E-state index in [4.69, 9.17) is 25.9 Å². The molecule has 0 radical (unpaired) electrons. The largest absolute Gasteiger partial charge is 0.298 e. The van der Waals surface area contributed by atoms with Crippen molar-refractivity contribution in [3.8, 4) is 40.6 Å². The van der Waals surface area contributed by atoms with Gasteiger partial charge in [0.15, 0.2) is 0 Å². The van der Waals surface area contributed by atoms with E-state index in [0.717, 1.165) is 0 Å². The number of nitrogens with one attached hydrogen (secondary N) is 1. The number of aromatic nitrogens is 2. The van der Waals surface area contributed by atoms with Gasteiger partial charge in [0.25, 0.3) is 0 Å². The van der Waals surface area contributed by atoms with E-state index >= 15 is 0 Å². The van der Waals surface area contributed by atoms with Crippen LogP contribution in [0.5, 0.6) is 0 Å². The average Bonchev–Trinajstić information content (AvgIpc) is 3.46. The summed E-state index contributed by atoms with van der Waals surface area (Å²) < 4.78 is 28.6. The highest BCUT2D eigenvalue weighted by Gasteiger charge is 2.19. The minimum atomic E-state index is -0.630. The third-order valence-corrected chi connectivity index (χ3v) is 7.44. The van der Waals surface area contributed by atoms with E-state index in [9.17, 15) is 14.0 Å². The van der Waals surface area contributed by atoms with Gasteiger partial charge < -0.3 is 0 Å². The smallest absolute Gasteiger partial charge is 0.206 e. The van der Waals surface area contributed by atoms with Crippen LogP contribution in [0.25, 0.3) is 65.9 Å². The zero-order valence-electron chi connectivity index (χ0n) is 21.4. The molecule has 7 nitrogen and oxygen atoms in total. The summed E-state index contributed by atoms with van der Waals surface area (Å²) in [5.41, 5.74) is 4.06. The topological polar surface area (TPSA) is 133 Å². The van der Waals surface area contributed by atoms with Crippen LogP contribution in [0, 0.1) is 51.2 Å². The average molecular weight is 546 g/mol. The molecule has 7 rings (SSSR count). The third-order valence-electron chi connectivity index (χ3n) is 7.44. The Morgan fingerprint density at radius 2 is 1.05 bits per heavy atom. The Morgan fingerprint density at radius 3 is 1.60 bits per heavy atom. The van der Waals surface area contributed by atoms with Gasteiger partial charge in [-0.15, -0.1) is 0 Å². The molecule has 194 valence electrons. The van der Waals surface area contributed by atoms with Gasteiger partial charge in [-0.25, -0.2) is 18.7 Å². The third kappa shape index (κ3) is 3.54. The summed E-state index contributed by atoms with van der Waals surface area (Å²) >= 11 is 0. The molecule has 9 heteroatoms. The van der Waals surface area contributed by atoms with Gasteiger partial charge in [0.2, 0.25) is 6.19 Å². The predicted molar refractivity (Wildman–Crippen MR) is 152 cm³/mol. The van der Waals surface area contributed by atoms with Gasteiger partial charge >= 0.3 is 0 Å². The van der Waals surface area contributed by atoms with Crippen LogP contribution in [-0.2, 0) is 0 Å². The Morgan fingerprint density at radius 1 is 0.571 bits per heavy atom. The quantitative estimate of drug-likeness (QED) is 0.259. The molecule has 0 spiro atoms. The summed E-state index contributed by atoms with van der Waals surface area (Å²) in [6, 6.07) is 23.1. The van der Waals surface area contributed by atoms with Crippen molar-refractivity contribution < 1.29 is 8.78 Å². The lowest BCUT2D eigenvalue weighted by atomic mass is 10.0. The van der Waals surface area contributed by atoms with Gasteiger partial charge in [-0.2, -0.15) is 20.8 Å². The number of hydrogen-bond donors (Lipinski definition) is 1. The monoisotopic (exact) mass is 545 g/mol. The van der Waals surface area contributed by atoms with Crippen molar-refractivity contribution in [2.45, 2.75) is 0 Å². The van der Waals surface area contributed by atoms with Crippen LogP contribution in [-0.4, -0.2) is 9.97 Å². The van der Waals surface area contributed by atoms with Crippen LogP contribution >= 0.6 is 0 Å². The number of hydrogen-bond acceptors (Lipinski definition) is 7. The zero-order valence-corrected chi connectivity index (χ0v) is 21.4. The molecule has 0 aliphatic rings. The van der Waals surface area contributed by atoms with E-state index in [-0.39, 0.29) is 16.5 Å². The van der Waals surface area contributed by atoms with E-state index in [1.54, 1.807) is 48.5 Å². The first-order valence-corrected chi connectivity index (χ1v) is 12.6. The van der Waals surface area contributed by atoms with Crippen molar-refractivity contribution in [1.29, 1.82) is 21.2 Å². The Bertz CT molecular complexity index is 2560. The number of fused-ring (bicyclic) bond motifs is 6. The first-order chi connectivity index (χ1) is 20.4. The Kier molecular flexibility index (Phi) is 5.34. The highest BCUT2D eigenvalue weighted by molar-refractivity contribution is 6.15. The fourth-order valence-electron chi connectivity index (χ4n) is 5.40. The molecule has 7 aromatic rings. The van der Waals surface area contributed by atoms with Gasteiger partial charge in [0.1, 0.15) is 40.2 Å². The van der Waals surface area contributed by atoms with Gasteiger partial charge in [0, 0.05) is 21.5 Å². The highest BCUT2D eigenvalue weighted by Crippen LogP contribution is 2.32. The molecule has 0 fully saturated rings. The molecule has 0 aliphatic heterocycles. The molecule has 0 saturated heterocycles. The van der Waals surface area contributed by atoms with Gasteiger partial charge in [-0.1, -0.05) is 36.4 Å². The molecule has 1 N–H and O–H groups in total. The Labute approximate surface area is 235 Å². The Hall–Kier alpha value is -6.37. The summed E-state index contributed by atoms with van der Waals surface area (Å²) in [5, 5.41) is 39.5. The van der Waals surface area contributed by atoms with Crippen molar-refractivity contribution in [1.82, 2.24) is 9.97 Å². The SMILES string of the molecule is N#C/N=c1/c2cc(-c3ccc(C#N)c(F)c3)ccc2c2nc3c(=N)c4cc(-c5ccc(C#N)c(F)c5)ccc4c3nc12. The number of nitriles is 3. The van der Waals surface area contributed by atoms with Crippen molar-refractivity contribution in [3.63, 3.8) is 0 Å². The van der Waals surface area contributed by atoms with Crippen molar-refractivity contribution in [2.24, 2.45) is 4.99 Å². The molecule has 6 aromatic carbocycles. The van der Waals surface area contributed by atoms with Gasteiger partial charge in [-0.3, -0.25) is 5.41 Å².